The largest absolute Gasteiger partial charge is 0.350 e. The van der Waals surface area contributed by atoms with Crippen molar-refractivity contribution in [3.8, 4) is 0 Å². The van der Waals surface area contributed by atoms with Crippen molar-refractivity contribution in [1.82, 2.24) is 5.32 Å². The minimum Gasteiger partial charge on any atom is -0.350 e. The van der Waals surface area contributed by atoms with Crippen LogP contribution in [0.15, 0.2) is 22.7 Å². The summed E-state index contributed by atoms with van der Waals surface area (Å²) < 4.78 is 13.1. The van der Waals surface area contributed by atoms with Gasteiger partial charge in [0.25, 0.3) is 5.91 Å². The molecule has 0 saturated carbocycles. The topological polar surface area (TPSA) is 29.1 Å². The lowest BCUT2D eigenvalue weighted by molar-refractivity contribution is 0.0943. The van der Waals surface area contributed by atoms with Crippen molar-refractivity contribution in [2.24, 2.45) is 0 Å². The molecule has 1 rings (SSSR count). The normalized spacial score (nSPS) is 10.4. The van der Waals surface area contributed by atoms with Crippen molar-refractivity contribution >= 4 is 21.8 Å². The summed E-state index contributed by atoms with van der Waals surface area (Å²) in [4.78, 5) is 11.5. The molecule has 2 nitrogen and oxygen atoms in total. The number of halogens is 2. The van der Waals surface area contributed by atoms with Gasteiger partial charge in [0.1, 0.15) is 5.82 Å². The van der Waals surface area contributed by atoms with Crippen LogP contribution in [-0.4, -0.2) is 11.9 Å². The van der Waals surface area contributed by atoms with Crippen LogP contribution >= 0.6 is 15.9 Å². The van der Waals surface area contributed by atoms with E-state index in [0.717, 1.165) is 0 Å². The van der Waals surface area contributed by atoms with Gasteiger partial charge in [-0.3, -0.25) is 4.79 Å². The lowest BCUT2D eigenvalue weighted by Crippen LogP contribution is -2.30. The molecule has 1 N–H and O–H groups in total. The average Bonchev–Trinajstić information content (AvgIpc) is 2.08. The Balaban J connectivity index is 2.86. The zero-order valence-corrected chi connectivity index (χ0v) is 9.56. The lowest BCUT2D eigenvalue weighted by atomic mass is 10.2. The predicted octanol–water partition coefficient (Wildman–Crippen LogP) is 2.73. The quantitative estimate of drug-likeness (QED) is 0.870. The Morgan fingerprint density at radius 1 is 1.50 bits per heavy atom. The summed E-state index contributed by atoms with van der Waals surface area (Å²) in [5.74, 6) is -0.563. The van der Waals surface area contributed by atoms with Gasteiger partial charge < -0.3 is 5.32 Å². The Morgan fingerprint density at radius 3 is 2.64 bits per heavy atom. The summed E-state index contributed by atoms with van der Waals surface area (Å²) in [5.41, 5.74) is 0.451. The molecular weight excluding hydrogens is 249 g/mol. The van der Waals surface area contributed by atoms with E-state index >= 15 is 0 Å². The number of carbonyl (C=O) groups excluding carboxylic acids is 1. The fourth-order valence-electron chi connectivity index (χ4n) is 0.983. The summed E-state index contributed by atoms with van der Waals surface area (Å²) in [5, 5.41) is 2.72. The Kier molecular flexibility index (Phi) is 3.63. The third-order valence-corrected chi connectivity index (χ3v) is 2.21. The molecule has 0 radical (unpaired) electrons. The van der Waals surface area contributed by atoms with Crippen LogP contribution in [0.25, 0.3) is 0 Å². The number of nitrogens with one attached hydrogen (secondary N) is 1. The van der Waals surface area contributed by atoms with Gasteiger partial charge in [0.2, 0.25) is 0 Å². The van der Waals surface area contributed by atoms with Crippen LogP contribution in [-0.2, 0) is 0 Å². The van der Waals surface area contributed by atoms with E-state index in [2.05, 4.69) is 21.2 Å². The summed E-state index contributed by atoms with van der Waals surface area (Å²) in [6.45, 7) is 3.74. The number of benzene rings is 1. The molecule has 1 aromatic carbocycles. The van der Waals surface area contributed by atoms with E-state index in [9.17, 15) is 9.18 Å². The smallest absolute Gasteiger partial charge is 0.251 e. The van der Waals surface area contributed by atoms with Crippen LogP contribution in [0.4, 0.5) is 4.39 Å². The third kappa shape index (κ3) is 2.80. The molecule has 1 aromatic rings. The maximum atomic E-state index is 12.8. The van der Waals surface area contributed by atoms with E-state index in [1.807, 2.05) is 13.8 Å². The molecule has 4 heteroatoms. The van der Waals surface area contributed by atoms with Crippen molar-refractivity contribution in [2.75, 3.05) is 0 Å². The zero-order valence-electron chi connectivity index (χ0n) is 7.97. The summed E-state index contributed by atoms with van der Waals surface area (Å²) in [6, 6.07) is 4.26. The number of hydrogen-bond donors (Lipinski definition) is 1. The fraction of sp³-hybridized carbons (Fsp3) is 0.300. The van der Waals surface area contributed by atoms with Crippen molar-refractivity contribution in [2.45, 2.75) is 19.9 Å². The van der Waals surface area contributed by atoms with Crippen LogP contribution < -0.4 is 5.32 Å². The molecule has 0 heterocycles. The maximum absolute atomic E-state index is 12.8. The maximum Gasteiger partial charge on any atom is 0.251 e. The van der Waals surface area contributed by atoms with Crippen LogP contribution in [0.2, 0.25) is 0 Å². The first kappa shape index (κ1) is 11.2. The zero-order chi connectivity index (χ0) is 10.7. The van der Waals surface area contributed by atoms with E-state index in [1.54, 1.807) is 0 Å². The molecule has 0 atom stereocenters. The minimum absolute atomic E-state index is 0.0753. The molecule has 0 spiro atoms. The molecule has 0 unspecified atom stereocenters. The van der Waals surface area contributed by atoms with Gasteiger partial charge in [-0.1, -0.05) is 0 Å². The standard InChI is InChI=1S/C10H11BrFNO/c1-6(2)13-10(14)7-3-4-9(12)8(11)5-7/h3-6H,1-2H3,(H,13,14). The molecule has 0 aliphatic carbocycles. The highest BCUT2D eigenvalue weighted by atomic mass is 79.9. The van der Waals surface area contributed by atoms with Gasteiger partial charge in [0, 0.05) is 11.6 Å². The Morgan fingerprint density at radius 2 is 2.14 bits per heavy atom. The second kappa shape index (κ2) is 4.55. The van der Waals surface area contributed by atoms with Gasteiger partial charge in [-0.2, -0.15) is 0 Å². The summed E-state index contributed by atoms with van der Waals surface area (Å²) >= 11 is 3.03. The third-order valence-electron chi connectivity index (χ3n) is 1.60. The first-order valence-corrected chi connectivity index (χ1v) is 5.06. The number of rotatable bonds is 2. The number of carbonyl (C=O) groups is 1. The average molecular weight is 260 g/mol. The molecule has 0 aliphatic heterocycles. The van der Waals surface area contributed by atoms with Crippen LogP contribution in [0.1, 0.15) is 24.2 Å². The van der Waals surface area contributed by atoms with E-state index in [4.69, 9.17) is 0 Å². The Labute approximate surface area is 90.6 Å². The summed E-state index contributed by atoms with van der Waals surface area (Å²) in [6.07, 6.45) is 0. The van der Waals surface area contributed by atoms with Gasteiger partial charge in [-0.05, 0) is 48.0 Å². The van der Waals surface area contributed by atoms with E-state index in [0.29, 0.717) is 10.0 Å². The number of amides is 1. The second-order valence-electron chi connectivity index (χ2n) is 3.26. The van der Waals surface area contributed by atoms with E-state index < -0.39 is 0 Å². The molecule has 14 heavy (non-hydrogen) atoms. The SMILES string of the molecule is CC(C)NC(=O)c1ccc(F)c(Br)c1. The van der Waals surface area contributed by atoms with Gasteiger partial charge in [-0.25, -0.2) is 4.39 Å². The summed E-state index contributed by atoms with van der Waals surface area (Å²) in [7, 11) is 0. The van der Waals surface area contributed by atoms with Crippen LogP contribution in [0.5, 0.6) is 0 Å². The Hall–Kier alpha value is -0.900. The minimum atomic E-state index is -0.369. The van der Waals surface area contributed by atoms with Gasteiger partial charge in [0.05, 0.1) is 4.47 Å². The highest BCUT2D eigenvalue weighted by molar-refractivity contribution is 9.10. The van der Waals surface area contributed by atoms with Crippen molar-refractivity contribution in [3.05, 3.63) is 34.1 Å². The molecule has 1 amide bonds. The van der Waals surface area contributed by atoms with Crippen molar-refractivity contribution < 1.29 is 9.18 Å². The Bertz CT molecular complexity index is 352. The highest BCUT2D eigenvalue weighted by Crippen LogP contribution is 2.16. The monoisotopic (exact) mass is 259 g/mol. The lowest BCUT2D eigenvalue weighted by Gasteiger charge is -2.08. The molecule has 76 valence electrons. The van der Waals surface area contributed by atoms with Crippen LogP contribution in [0.3, 0.4) is 0 Å². The molecule has 0 saturated heterocycles. The molecule has 0 aromatic heterocycles. The predicted molar refractivity (Wildman–Crippen MR) is 56.7 cm³/mol. The van der Waals surface area contributed by atoms with Crippen LogP contribution in [0, 0.1) is 5.82 Å². The molecular formula is C10H11BrFNO. The highest BCUT2D eigenvalue weighted by Gasteiger charge is 2.08. The molecule has 0 fully saturated rings. The number of hydrogen-bond acceptors (Lipinski definition) is 1. The van der Waals surface area contributed by atoms with E-state index in [-0.39, 0.29) is 17.8 Å². The van der Waals surface area contributed by atoms with Crippen molar-refractivity contribution in [1.29, 1.82) is 0 Å². The molecule has 0 bridgehead atoms. The van der Waals surface area contributed by atoms with Gasteiger partial charge in [0.15, 0.2) is 0 Å². The van der Waals surface area contributed by atoms with Gasteiger partial charge >= 0.3 is 0 Å². The molecule has 0 aliphatic rings. The second-order valence-corrected chi connectivity index (χ2v) is 4.11. The first-order chi connectivity index (χ1) is 6.50. The fourth-order valence-corrected chi connectivity index (χ4v) is 1.36. The van der Waals surface area contributed by atoms with Gasteiger partial charge in [-0.15, -0.1) is 0 Å². The van der Waals surface area contributed by atoms with Crippen molar-refractivity contribution in [3.63, 3.8) is 0 Å². The first-order valence-electron chi connectivity index (χ1n) is 4.26. The van der Waals surface area contributed by atoms with E-state index in [1.165, 1.54) is 18.2 Å².